The van der Waals surface area contributed by atoms with Crippen molar-refractivity contribution in [3.05, 3.63) is 0 Å². The number of hydrogen-bond acceptors (Lipinski definition) is 4. The molecule has 0 aliphatic carbocycles. The maximum atomic E-state index is 12.0. The zero-order valence-electron chi connectivity index (χ0n) is 11.8. The van der Waals surface area contributed by atoms with E-state index in [-0.39, 0.29) is 5.91 Å². The molecule has 18 heavy (non-hydrogen) atoms. The van der Waals surface area contributed by atoms with Crippen molar-refractivity contribution in [3.8, 4) is 0 Å². The molecule has 0 fully saturated rings. The molecule has 0 heterocycles. The van der Waals surface area contributed by atoms with Gasteiger partial charge in [0.15, 0.2) is 0 Å². The van der Waals surface area contributed by atoms with E-state index in [0.717, 1.165) is 12.8 Å². The maximum Gasteiger partial charge on any atom is 0.222 e. The fourth-order valence-electron chi connectivity index (χ4n) is 1.58. The van der Waals surface area contributed by atoms with Crippen molar-refractivity contribution < 1.29 is 14.3 Å². The third-order valence-corrected chi connectivity index (χ3v) is 2.62. The van der Waals surface area contributed by atoms with Crippen molar-refractivity contribution in [1.82, 2.24) is 4.90 Å². The third kappa shape index (κ3) is 9.39. The second-order valence-corrected chi connectivity index (χ2v) is 4.02. The average Bonchev–Trinajstić information content (AvgIpc) is 2.37. The monoisotopic (exact) mass is 260 g/mol. The predicted molar refractivity (Wildman–Crippen MR) is 72.5 cm³/mol. The summed E-state index contributed by atoms with van der Waals surface area (Å²) in [5, 5.41) is 0. The van der Waals surface area contributed by atoms with Gasteiger partial charge >= 0.3 is 0 Å². The Bertz CT molecular complexity index is 191. The Balaban J connectivity index is 3.95. The number of ether oxygens (including phenoxy) is 2. The van der Waals surface area contributed by atoms with E-state index in [0.29, 0.717) is 52.5 Å². The molecule has 0 aromatic rings. The first-order valence-corrected chi connectivity index (χ1v) is 6.89. The lowest BCUT2D eigenvalue weighted by Crippen LogP contribution is -2.36. The van der Waals surface area contributed by atoms with Gasteiger partial charge in [-0.05, 0) is 33.2 Å². The topological polar surface area (TPSA) is 64.8 Å². The van der Waals surface area contributed by atoms with Crippen molar-refractivity contribution in [2.75, 3.05) is 46.1 Å². The summed E-state index contributed by atoms with van der Waals surface area (Å²) in [6.45, 7) is 8.37. The van der Waals surface area contributed by atoms with Crippen LogP contribution in [0.1, 0.15) is 33.1 Å². The minimum Gasteiger partial charge on any atom is -0.380 e. The van der Waals surface area contributed by atoms with Crippen LogP contribution in [0.3, 0.4) is 0 Å². The van der Waals surface area contributed by atoms with Crippen LogP contribution in [0, 0.1) is 0 Å². The average molecular weight is 260 g/mol. The van der Waals surface area contributed by atoms with Gasteiger partial charge in [0, 0.05) is 32.7 Å². The van der Waals surface area contributed by atoms with Crippen LogP contribution in [0.2, 0.25) is 0 Å². The lowest BCUT2D eigenvalue weighted by atomic mass is 10.2. The molecule has 0 aliphatic rings. The van der Waals surface area contributed by atoms with Crippen LogP contribution in [0.4, 0.5) is 0 Å². The molecule has 5 heteroatoms. The van der Waals surface area contributed by atoms with Crippen LogP contribution in [0.25, 0.3) is 0 Å². The zero-order valence-corrected chi connectivity index (χ0v) is 11.8. The highest BCUT2D eigenvalue weighted by atomic mass is 16.5. The van der Waals surface area contributed by atoms with Gasteiger partial charge in [0.25, 0.3) is 0 Å². The third-order valence-electron chi connectivity index (χ3n) is 2.62. The van der Waals surface area contributed by atoms with E-state index in [1.165, 1.54) is 0 Å². The Morgan fingerprint density at radius 2 is 1.61 bits per heavy atom. The molecule has 0 saturated carbocycles. The van der Waals surface area contributed by atoms with Crippen LogP contribution in [0.5, 0.6) is 0 Å². The van der Waals surface area contributed by atoms with Crippen LogP contribution in [-0.2, 0) is 14.3 Å². The number of nitrogens with zero attached hydrogens (tertiary/aromatic N) is 1. The van der Waals surface area contributed by atoms with E-state index in [1.54, 1.807) is 0 Å². The lowest BCUT2D eigenvalue weighted by molar-refractivity contribution is -0.132. The molecule has 0 atom stereocenters. The van der Waals surface area contributed by atoms with Gasteiger partial charge in [-0.2, -0.15) is 0 Å². The Morgan fingerprint density at radius 1 is 1.06 bits per heavy atom. The first kappa shape index (κ1) is 17.4. The molecule has 0 radical (unpaired) electrons. The van der Waals surface area contributed by atoms with Crippen LogP contribution in [0.15, 0.2) is 0 Å². The Kier molecular flexibility index (Phi) is 12.3. The highest BCUT2D eigenvalue weighted by Gasteiger charge is 2.12. The normalized spacial score (nSPS) is 10.6. The summed E-state index contributed by atoms with van der Waals surface area (Å²) in [6, 6.07) is 0. The summed E-state index contributed by atoms with van der Waals surface area (Å²) < 4.78 is 10.6. The molecule has 0 spiro atoms. The molecular formula is C13H28N2O3. The van der Waals surface area contributed by atoms with Gasteiger partial charge in [0.05, 0.1) is 13.2 Å². The molecule has 5 nitrogen and oxygen atoms in total. The SMILES string of the molecule is CCOCCN(CCOCC)C(=O)CCCCN. The second-order valence-electron chi connectivity index (χ2n) is 4.02. The van der Waals surface area contributed by atoms with Gasteiger partial charge < -0.3 is 20.1 Å². The minimum absolute atomic E-state index is 0.169. The highest BCUT2D eigenvalue weighted by molar-refractivity contribution is 5.76. The van der Waals surface area contributed by atoms with Crippen molar-refractivity contribution >= 4 is 5.91 Å². The molecule has 0 saturated heterocycles. The molecule has 0 unspecified atom stereocenters. The van der Waals surface area contributed by atoms with Crippen molar-refractivity contribution in [2.24, 2.45) is 5.73 Å². The number of unbranched alkanes of at least 4 members (excludes halogenated alkanes) is 1. The quantitative estimate of drug-likeness (QED) is 0.532. The molecule has 2 N–H and O–H groups in total. The van der Waals surface area contributed by atoms with Gasteiger partial charge in [0.2, 0.25) is 5.91 Å². The summed E-state index contributed by atoms with van der Waals surface area (Å²) in [4.78, 5) is 13.8. The first-order chi connectivity index (χ1) is 8.76. The van der Waals surface area contributed by atoms with E-state index in [1.807, 2.05) is 18.7 Å². The van der Waals surface area contributed by atoms with Gasteiger partial charge in [-0.15, -0.1) is 0 Å². The molecule has 0 aromatic carbocycles. The number of carbonyl (C=O) groups is 1. The van der Waals surface area contributed by atoms with Crippen LogP contribution < -0.4 is 5.73 Å². The lowest BCUT2D eigenvalue weighted by Gasteiger charge is -2.22. The smallest absolute Gasteiger partial charge is 0.222 e. The molecule has 0 rings (SSSR count). The first-order valence-electron chi connectivity index (χ1n) is 6.89. The summed E-state index contributed by atoms with van der Waals surface area (Å²) >= 11 is 0. The van der Waals surface area contributed by atoms with Gasteiger partial charge in [-0.25, -0.2) is 0 Å². The summed E-state index contributed by atoms with van der Waals surface area (Å²) in [5.41, 5.74) is 5.42. The molecule has 0 aromatic heterocycles. The molecule has 0 bridgehead atoms. The van der Waals surface area contributed by atoms with Gasteiger partial charge in [0.1, 0.15) is 0 Å². The minimum atomic E-state index is 0.169. The van der Waals surface area contributed by atoms with Crippen LogP contribution in [-0.4, -0.2) is 56.9 Å². The van der Waals surface area contributed by atoms with Crippen molar-refractivity contribution in [1.29, 1.82) is 0 Å². The largest absolute Gasteiger partial charge is 0.380 e. The van der Waals surface area contributed by atoms with Crippen molar-refractivity contribution in [3.63, 3.8) is 0 Å². The number of carbonyl (C=O) groups excluding carboxylic acids is 1. The predicted octanol–water partition coefficient (Wildman–Crippen LogP) is 1.02. The number of rotatable bonds is 12. The zero-order chi connectivity index (χ0) is 13.6. The summed E-state index contributed by atoms with van der Waals surface area (Å²) in [6.07, 6.45) is 2.32. The Labute approximate surface area is 111 Å². The van der Waals surface area contributed by atoms with E-state index in [2.05, 4.69) is 0 Å². The Hall–Kier alpha value is -0.650. The second kappa shape index (κ2) is 12.8. The molecule has 1 amide bonds. The van der Waals surface area contributed by atoms with Crippen LogP contribution >= 0.6 is 0 Å². The highest BCUT2D eigenvalue weighted by Crippen LogP contribution is 2.01. The number of amides is 1. The fraction of sp³-hybridized carbons (Fsp3) is 0.923. The van der Waals surface area contributed by atoms with Crippen molar-refractivity contribution in [2.45, 2.75) is 33.1 Å². The standard InChI is InChI=1S/C13H28N2O3/c1-3-17-11-9-15(10-12-18-4-2)13(16)7-5-6-8-14/h3-12,14H2,1-2H3. The summed E-state index contributed by atoms with van der Waals surface area (Å²) in [7, 11) is 0. The van der Waals surface area contributed by atoms with Gasteiger partial charge in [-0.3, -0.25) is 4.79 Å². The van der Waals surface area contributed by atoms with E-state index in [9.17, 15) is 4.79 Å². The molecular weight excluding hydrogens is 232 g/mol. The van der Waals surface area contributed by atoms with E-state index >= 15 is 0 Å². The number of nitrogens with two attached hydrogens (primary N) is 1. The van der Waals surface area contributed by atoms with E-state index in [4.69, 9.17) is 15.2 Å². The van der Waals surface area contributed by atoms with Gasteiger partial charge in [-0.1, -0.05) is 0 Å². The maximum absolute atomic E-state index is 12.0. The fourth-order valence-corrected chi connectivity index (χ4v) is 1.58. The number of hydrogen-bond donors (Lipinski definition) is 1. The summed E-state index contributed by atoms with van der Waals surface area (Å²) in [5.74, 6) is 0.169. The Morgan fingerprint density at radius 3 is 2.06 bits per heavy atom. The molecule has 108 valence electrons. The molecule has 0 aliphatic heterocycles. The van der Waals surface area contributed by atoms with E-state index < -0.39 is 0 Å².